The van der Waals surface area contributed by atoms with E-state index in [1.807, 2.05) is 20.3 Å². The van der Waals surface area contributed by atoms with Crippen LogP contribution in [0.2, 0.25) is 0 Å². The molecule has 86 valence electrons. The van der Waals surface area contributed by atoms with Crippen molar-refractivity contribution in [1.29, 1.82) is 0 Å². The third kappa shape index (κ3) is 2.84. The van der Waals surface area contributed by atoms with E-state index >= 15 is 0 Å². The molecule has 0 aliphatic heterocycles. The fourth-order valence-electron chi connectivity index (χ4n) is 1.40. The Morgan fingerprint density at radius 1 is 1.44 bits per heavy atom. The van der Waals surface area contributed by atoms with Gasteiger partial charge in [-0.3, -0.25) is 4.68 Å². The lowest BCUT2D eigenvalue weighted by Crippen LogP contribution is -2.02. The molecule has 0 bridgehead atoms. The Kier molecular flexibility index (Phi) is 3.58. The van der Waals surface area contributed by atoms with Crippen LogP contribution in [0.15, 0.2) is 24.5 Å². The second-order valence-corrected chi connectivity index (χ2v) is 4.79. The van der Waals surface area contributed by atoms with Crippen molar-refractivity contribution in [3.8, 4) is 5.75 Å². The Morgan fingerprint density at radius 3 is 2.94 bits per heavy atom. The van der Waals surface area contributed by atoms with Crippen LogP contribution < -0.4 is 10.1 Å². The zero-order valence-corrected chi connectivity index (χ0v) is 10.3. The third-order valence-electron chi connectivity index (χ3n) is 2.13. The molecule has 0 atom stereocenters. The van der Waals surface area contributed by atoms with Gasteiger partial charge in [0.2, 0.25) is 0 Å². The zero-order chi connectivity index (χ0) is 11.4. The van der Waals surface area contributed by atoms with Crippen LogP contribution in [0, 0.1) is 0 Å². The van der Waals surface area contributed by atoms with E-state index < -0.39 is 0 Å². The molecule has 0 aromatic carbocycles. The molecule has 0 fully saturated rings. The van der Waals surface area contributed by atoms with Gasteiger partial charge in [-0.05, 0) is 19.2 Å². The molecule has 0 amide bonds. The fourth-order valence-corrected chi connectivity index (χ4v) is 2.34. The lowest BCUT2D eigenvalue weighted by molar-refractivity contribution is 0.309. The summed E-state index contributed by atoms with van der Waals surface area (Å²) in [5, 5.41) is 7.18. The Morgan fingerprint density at radius 2 is 2.25 bits per heavy atom. The second-order valence-electron chi connectivity index (χ2n) is 3.54. The summed E-state index contributed by atoms with van der Waals surface area (Å²) in [4.78, 5) is 2.56. The van der Waals surface area contributed by atoms with Crippen LogP contribution in [0.25, 0.3) is 0 Å². The maximum atomic E-state index is 5.61. The molecule has 0 aliphatic rings. The molecule has 0 aliphatic carbocycles. The van der Waals surface area contributed by atoms with Crippen molar-refractivity contribution < 1.29 is 4.74 Å². The van der Waals surface area contributed by atoms with E-state index in [9.17, 15) is 0 Å². The summed E-state index contributed by atoms with van der Waals surface area (Å²) in [6, 6.07) is 4.23. The van der Waals surface area contributed by atoms with Gasteiger partial charge in [0.05, 0.1) is 12.4 Å². The summed E-state index contributed by atoms with van der Waals surface area (Å²) >= 11 is 1.77. The highest BCUT2D eigenvalue weighted by molar-refractivity contribution is 7.11. The highest BCUT2D eigenvalue weighted by atomic mass is 32.1. The first kappa shape index (κ1) is 11.2. The fraction of sp³-hybridized carbons (Fsp3) is 0.364. The molecule has 0 saturated carbocycles. The minimum atomic E-state index is 0.611. The van der Waals surface area contributed by atoms with Gasteiger partial charge < -0.3 is 10.1 Å². The average Bonchev–Trinajstić information content (AvgIpc) is 2.85. The molecular formula is C11H15N3OS. The van der Waals surface area contributed by atoms with Crippen molar-refractivity contribution in [2.45, 2.75) is 13.2 Å². The highest BCUT2D eigenvalue weighted by Gasteiger charge is 2.01. The zero-order valence-electron chi connectivity index (χ0n) is 9.43. The van der Waals surface area contributed by atoms with E-state index in [-0.39, 0.29) is 0 Å². The van der Waals surface area contributed by atoms with Crippen LogP contribution in [0.4, 0.5) is 0 Å². The van der Waals surface area contributed by atoms with Crippen LogP contribution in [0.1, 0.15) is 9.75 Å². The number of ether oxygens (including phenoxy) is 1. The van der Waals surface area contributed by atoms with Crippen molar-refractivity contribution in [2.24, 2.45) is 7.05 Å². The van der Waals surface area contributed by atoms with Crippen molar-refractivity contribution in [3.63, 3.8) is 0 Å². The van der Waals surface area contributed by atoms with E-state index in [0.29, 0.717) is 6.61 Å². The molecule has 2 aromatic rings. The number of aromatic nitrogens is 2. The summed E-state index contributed by atoms with van der Waals surface area (Å²) in [6.07, 6.45) is 3.59. The third-order valence-corrected chi connectivity index (χ3v) is 3.19. The number of thiophene rings is 1. The quantitative estimate of drug-likeness (QED) is 0.861. The van der Waals surface area contributed by atoms with Crippen LogP contribution in [0.3, 0.4) is 0 Å². The van der Waals surface area contributed by atoms with E-state index in [4.69, 9.17) is 4.74 Å². The Hall–Kier alpha value is -1.33. The summed E-state index contributed by atoms with van der Waals surface area (Å²) in [6.45, 7) is 1.53. The van der Waals surface area contributed by atoms with Crippen LogP contribution in [0.5, 0.6) is 5.75 Å². The molecule has 0 unspecified atom stereocenters. The van der Waals surface area contributed by atoms with E-state index in [1.54, 1.807) is 22.2 Å². The maximum absolute atomic E-state index is 5.61. The predicted octanol–water partition coefficient (Wildman–Crippen LogP) is 1.78. The summed E-state index contributed by atoms with van der Waals surface area (Å²) < 4.78 is 7.34. The molecule has 4 nitrogen and oxygen atoms in total. The SMILES string of the molecule is CNCc1ccc(COc2cnn(C)c2)s1. The Labute approximate surface area is 98.9 Å². The molecule has 0 radical (unpaired) electrons. The summed E-state index contributed by atoms with van der Waals surface area (Å²) in [7, 11) is 3.83. The van der Waals surface area contributed by atoms with Gasteiger partial charge in [-0.1, -0.05) is 0 Å². The molecule has 2 heterocycles. The average molecular weight is 237 g/mol. The van der Waals surface area contributed by atoms with Gasteiger partial charge in [-0.2, -0.15) is 5.10 Å². The van der Waals surface area contributed by atoms with Gasteiger partial charge in [-0.15, -0.1) is 11.3 Å². The Balaban J connectivity index is 1.89. The minimum absolute atomic E-state index is 0.611. The summed E-state index contributed by atoms with van der Waals surface area (Å²) in [5.74, 6) is 0.811. The van der Waals surface area contributed by atoms with Gasteiger partial charge >= 0.3 is 0 Å². The van der Waals surface area contributed by atoms with Gasteiger partial charge in [0.25, 0.3) is 0 Å². The van der Waals surface area contributed by atoms with Gasteiger partial charge in [0.15, 0.2) is 5.75 Å². The lowest BCUT2D eigenvalue weighted by atomic mass is 10.4. The first-order valence-electron chi connectivity index (χ1n) is 5.11. The molecular weight excluding hydrogens is 222 g/mol. The van der Waals surface area contributed by atoms with Crippen molar-refractivity contribution in [1.82, 2.24) is 15.1 Å². The number of nitrogens with one attached hydrogen (secondary N) is 1. The molecule has 2 rings (SSSR count). The van der Waals surface area contributed by atoms with E-state index in [0.717, 1.165) is 12.3 Å². The highest BCUT2D eigenvalue weighted by Crippen LogP contribution is 2.18. The smallest absolute Gasteiger partial charge is 0.157 e. The van der Waals surface area contributed by atoms with E-state index in [1.165, 1.54) is 9.75 Å². The van der Waals surface area contributed by atoms with Gasteiger partial charge in [-0.25, -0.2) is 0 Å². The molecule has 2 aromatic heterocycles. The number of nitrogens with zero attached hydrogens (tertiary/aromatic N) is 2. The standard InChI is InChI=1S/C11H15N3OS/c1-12-6-10-3-4-11(16-10)8-15-9-5-13-14(2)7-9/h3-5,7,12H,6,8H2,1-2H3. The lowest BCUT2D eigenvalue weighted by Gasteiger charge is -1.99. The molecule has 0 spiro atoms. The second kappa shape index (κ2) is 5.14. The van der Waals surface area contributed by atoms with Crippen molar-refractivity contribution >= 4 is 11.3 Å². The van der Waals surface area contributed by atoms with Crippen LogP contribution in [-0.4, -0.2) is 16.8 Å². The number of hydrogen-bond donors (Lipinski definition) is 1. The Bertz CT molecular complexity index is 450. The van der Waals surface area contributed by atoms with E-state index in [2.05, 4.69) is 22.5 Å². The molecule has 5 heteroatoms. The monoisotopic (exact) mass is 237 g/mol. The first-order chi connectivity index (χ1) is 7.78. The molecule has 16 heavy (non-hydrogen) atoms. The molecule has 0 saturated heterocycles. The van der Waals surface area contributed by atoms with Crippen molar-refractivity contribution in [2.75, 3.05) is 7.05 Å². The maximum Gasteiger partial charge on any atom is 0.157 e. The van der Waals surface area contributed by atoms with Crippen molar-refractivity contribution in [3.05, 3.63) is 34.3 Å². The largest absolute Gasteiger partial charge is 0.485 e. The van der Waals surface area contributed by atoms with Crippen LogP contribution in [-0.2, 0) is 20.2 Å². The normalized spacial score (nSPS) is 10.6. The number of rotatable bonds is 5. The molecule has 1 N–H and O–H groups in total. The van der Waals surface area contributed by atoms with Crippen LogP contribution >= 0.6 is 11.3 Å². The number of hydrogen-bond acceptors (Lipinski definition) is 4. The predicted molar refractivity (Wildman–Crippen MR) is 64.6 cm³/mol. The number of aryl methyl sites for hydroxylation is 1. The summed E-state index contributed by atoms with van der Waals surface area (Å²) in [5.41, 5.74) is 0. The minimum Gasteiger partial charge on any atom is -0.485 e. The van der Waals surface area contributed by atoms with Gasteiger partial charge in [0.1, 0.15) is 6.61 Å². The first-order valence-corrected chi connectivity index (χ1v) is 5.93. The topological polar surface area (TPSA) is 39.1 Å². The van der Waals surface area contributed by atoms with Gasteiger partial charge in [0, 0.05) is 23.3 Å².